The van der Waals surface area contributed by atoms with Gasteiger partial charge in [0.15, 0.2) is 10.7 Å². The van der Waals surface area contributed by atoms with E-state index in [2.05, 4.69) is 10.6 Å². The Morgan fingerprint density at radius 3 is 2.50 bits per heavy atom. The summed E-state index contributed by atoms with van der Waals surface area (Å²) >= 11 is 11.0. The van der Waals surface area contributed by atoms with Gasteiger partial charge >= 0.3 is 5.97 Å². The van der Waals surface area contributed by atoms with Gasteiger partial charge in [-0.25, -0.2) is 4.79 Å². The Morgan fingerprint density at radius 1 is 1.18 bits per heavy atom. The van der Waals surface area contributed by atoms with Gasteiger partial charge in [-0.1, -0.05) is 23.7 Å². The number of hydrogen-bond acceptors (Lipinski definition) is 4. The molecule has 28 heavy (non-hydrogen) atoms. The van der Waals surface area contributed by atoms with Crippen molar-refractivity contribution in [2.75, 3.05) is 5.32 Å². The third-order valence-electron chi connectivity index (χ3n) is 3.52. The summed E-state index contributed by atoms with van der Waals surface area (Å²) in [4.78, 5) is 23.1. The van der Waals surface area contributed by atoms with Crippen LogP contribution in [0.2, 0.25) is 5.02 Å². The SMILES string of the molecule is CC(C)(Oc1ccc(Cl)cc1)C(=O)NC(=S)Nc1cccc(/C=C/C(=O)O)c1. The summed E-state index contributed by atoms with van der Waals surface area (Å²) in [5.41, 5.74) is 0.105. The van der Waals surface area contributed by atoms with Crippen molar-refractivity contribution in [3.05, 3.63) is 65.2 Å². The van der Waals surface area contributed by atoms with Crippen LogP contribution in [0, 0.1) is 0 Å². The number of carbonyl (C=O) groups is 2. The largest absolute Gasteiger partial charge is 0.478 e. The van der Waals surface area contributed by atoms with Crippen LogP contribution in [-0.4, -0.2) is 27.7 Å². The number of anilines is 1. The molecule has 0 saturated heterocycles. The van der Waals surface area contributed by atoms with Crippen LogP contribution in [-0.2, 0) is 9.59 Å². The molecule has 0 atom stereocenters. The number of halogens is 1. The summed E-state index contributed by atoms with van der Waals surface area (Å²) in [5, 5.41) is 14.8. The third kappa shape index (κ3) is 6.68. The molecule has 2 rings (SSSR count). The van der Waals surface area contributed by atoms with E-state index in [1.165, 1.54) is 6.08 Å². The predicted octanol–water partition coefficient (Wildman–Crippen LogP) is 4.11. The van der Waals surface area contributed by atoms with Crippen LogP contribution >= 0.6 is 23.8 Å². The third-order valence-corrected chi connectivity index (χ3v) is 3.98. The van der Waals surface area contributed by atoms with Crippen molar-refractivity contribution in [1.29, 1.82) is 0 Å². The highest BCUT2D eigenvalue weighted by molar-refractivity contribution is 7.80. The Morgan fingerprint density at radius 2 is 1.86 bits per heavy atom. The molecule has 0 aromatic heterocycles. The number of aliphatic carboxylic acids is 1. The molecule has 0 heterocycles. The van der Waals surface area contributed by atoms with Gasteiger partial charge in [-0.15, -0.1) is 0 Å². The molecule has 0 aliphatic rings. The number of carboxylic acids is 1. The maximum atomic E-state index is 12.5. The van der Waals surface area contributed by atoms with E-state index in [0.29, 0.717) is 22.0 Å². The smallest absolute Gasteiger partial charge is 0.328 e. The van der Waals surface area contributed by atoms with Gasteiger partial charge < -0.3 is 15.2 Å². The lowest BCUT2D eigenvalue weighted by atomic mass is 10.1. The second-order valence-electron chi connectivity index (χ2n) is 6.27. The highest BCUT2D eigenvalue weighted by Crippen LogP contribution is 2.21. The first-order valence-electron chi connectivity index (χ1n) is 8.24. The maximum Gasteiger partial charge on any atom is 0.328 e. The molecule has 0 fully saturated rings. The lowest BCUT2D eigenvalue weighted by Gasteiger charge is -2.25. The number of nitrogens with one attached hydrogen (secondary N) is 2. The van der Waals surface area contributed by atoms with Gasteiger partial charge in [-0.2, -0.15) is 0 Å². The van der Waals surface area contributed by atoms with Gasteiger partial charge in [0.2, 0.25) is 0 Å². The van der Waals surface area contributed by atoms with Crippen molar-refractivity contribution < 1.29 is 19.4 Å². The summed E-state index contributed by atoms with van der Waals surface area (Å²) in [6.07, 6.45) is 2.49. The van der Waals surface area contributed by atoms with Crippen molar-refractivity contribution in [2.24, 2.45) is 0 Å². The molecular formula is C20H19ClN2O4S. The summed E-state index contributed by atoms with van der Waals surface area (Å²) in [5.74, 6) is -0.965. The normalized spacial score (nSPS) is 11.1. The van der Waals surface area contributed by atoms with Crippen LogP contribution in [0.4, 0.5) is 5.69 Å². The number of amides is 1. The first kappa shape index (κ1) is 21.4. The molecule has 3 N–H and O–H groups in total. The van der Waals surface area contributed by atoms with Crippen molar-refractivity contribution in [3.63, 3.8) is 0 Å². The molecule has 0 spiro atoms. The standard InChI is InChI=1S/C20H19ClN2O4S/c1-20(2,27-16-9-7-14(21)8-10-16)18(26)23-19(28)22-15-5-3-4-13(12-15)6-11-17(24)25/h3-12H,1-2H3,(H,24,25)(H2,22,23,26,28)/b11-6+. The summed E-state index contributed by atoms with van der Waals surface area (Å²) < 4.78 is 5.72. The monoisotopic (exact) mass is 418 g/mol. The van der Waals surface area contributed by atoms with Crippen LogP contribution in [0.3, 0.4) is 0 Å². The van der Waals surface area contributed by atoms with E-state index in [9.17, 15) is 9.59 Å². The summed E-state index contributed by atoms with van der Waals surface area (Å²) in [7, 11) is 0. The number of ether oxygens (including phenoxy) is 1. The fourth-order valence-electron chi connectivity index (χ4n) is 2.15. The topological polar surface area (TPSA) is 87.7 Å². The molecule has 8 heteroatoms. The Hall–Kier alpha value is -2.90. The second kappa shape index (κ2) is 9.34. The maximum absolute atomic E-state index is 12.5. The predicted molar refractivity (Wildman–Crippen MR) is 114 cm³/mol. The van der Waals surface area contributed by atoms with E-state index >= 15 is 0 Å². The highest BCUT2D eigenvalue weighted by atomic mass is 35.5. The van der Waals surface area contributed by atoms with Crippen LogP contribution in [0.15, 0.2) is 54.6 Å². The number of rotatable bonds is 6. The van der Waals surface area contributed by atoms with Crippen LogP contribution in [0.5, 0.6) is 5.75 Å². The Balaban J connectivity index is 1.98. The minimum absolute atomic E-state index is 0.0946. The molecule has 146 valence electrons. The van der Waals surface area contributed by atoms with Gasteiger partial charge in [-0.05, 0) is 74.1 Å². The van der Waals surface area contributed by atoms with Crippen LogP contribution in [0.1, 0.15) is 19.4 Å². The van der Waals surface area contributed by atoms with Gasteiger partial charge in [0, 0.05) is 16.8 Å². The van der Waals surface area contributed by atoms with Gasteiger partial charge in [0.1, 0.15) is 5.75 Å². The molecule has 2 aromatic rings. The number of benzene rings is 2. The average Bonchev–Trinajstić information content (AvgIpc) is 2.62. The van der Waals surface area contributed by atoms with Gasteiger partial charge in [-0.3, -0.25) is 10.1 Å². The zero-order valence-electron chi connectivity index (χ0n) is 15.2. The summed E-state index contributed by atoms with van der Waals surface area (Å²) in [6, 6.07) is 13.6. The van der Waals surface area contributed by atoms with E-state index in [1.54, 1.807) is 62.4 Å². The zero-order chi connectivity index (χ0) is 20.7. The Labute approximate surface area is 173 Å². The molecule has 0 bridgehead atoms. The molecule has 6 nitrogen and oxygen atoms in total. The van der Waals surface area contributed by atoms with Crippen LogP contribution < -0.4 is 15.4 Å². The molecule has 0 saturated carbocycles. The molecule has 0 unspecified atom stereocenters. The van der Waals surface area contributed by atoms with Gasteiger partial charge in [0.05, 0.1) is 0 Å². The first-order valence-corrected chi connectivity index (χ1v) is 9.02. The van der Waals surface area contributed by atoms with E-state index in [0.717, 1.165) is 6.08 Å². The quantitative estimate of drug-likeness (QED) is 0.483. The lowest BCUT2D eigenvalue weighted by Crippen LogP contribution is -2.49. The molecule has 0 aliphatic heterocycles. The first-order chi connectivity index (χ1) is 13.2. The van der Waals surface area contributed by atoms with E-state index < -0.39 is 17.5 Å². The highest BCUT2D eigenvalue weighted by Gasteiger charge is 2.30. The van der Waals surface area contributed by atoms with Crippen molar-refractivity contribution in [3.8, 4) is 5.75 Å². The van der Waals surface area contributed by atoms with E-state index in [-0.39, 0.29) is 5.11 Å². The fraction of sp³-hybridized carbons (Fsp3) is 0.150. The van der Waals surface area contributed by atoms with Crippen molar-refractivity contribution >= 4 is 52.6 Å². The molecule has 2 aromatic carbocycles. The molecule has 0 aliphatic carbocycles. The molecular weight excluding hydrogens is 400 g/mol. The summed E-state index contributed by atoms with van der Waals surface area (Å²) in [6.45, 7) is 3.24. The lowest BCUT2D eigenvalue weighted by molar-refractivity contribution is -0.132. The fourth-order valence-corrected chi connectivity index (χ4v) is 2.48. The average molecular weight is 419 g/mol. The van der Waals surface area contributed by atoms with Crippen molar-refractivity contribution in [1.82, 2.24) is 5.32 Å². The number of carbonyl (C=O) groups excluding carboxylic acids is 1. The minimum Gasteiger partial charge on any atom is -0.478 e. The van der Waals surface area contributed by atoms with E-state index in [1.807, 2.05) is 0 Å². The Kier molecular flexibility index (Phi) is 7.14. The van der Waals surface area contributed by atoms with Crippen LogP contribution in [0.25, 0.3) is 6.08 Å². The van der Waals surface area contributed by atoms with E-state index in [4.69, 9.17) is 33.7 Å². The van der Waals surface area contributed by atoms with Crippen molar-refractivity contribution in [2.45, 2.75) is 19.4 Å². The van der Waals surface area contributed by atoms with Gasteiger partial charge in [0.25, 0.3) is 5.91 Å². The number of hydrogen-bond donors (Lipinski definition) is 3. The number of thiocarbonyl (C=S) groups is 1. The minimum atomic E-state index is -1.17. The zero-order valence-corrected chi connectivity index (χ0v) is 16.8. The molecule has 0 radical (unpaired) electrons. The Bertz CT molecular complexity index is 911. The second-order valence-corrected chi connectivity index (χ2v) is 7.12. The molecule has 1 amide bonds. The number of carboxylic acid groups (broad SMARTS) is 1.